The van der Waals surface area contributed by atoms with Crippen molar-refractivity contribution < 1.29 is 19.1 Å². The van der Waals surface area contributed by atoms with Gasteiger partial charge in [-0.1, -0.05) is 30.8 Å². The number of thioether (sulfide) groups is 1. The SMILES string of the molecule is CCCOc1ccc([C@H]2C(C(=O)OC)=C(C)N=C3SCCC(=O)N32)cc1. The molecule has 0 unspecified atom stereocenters. The molecule has 1 fully saturated rings. The third-order valence-electron chi connectivity index (χ3n) is 4.28. The Bertz CT molecular complexity index is 770. The second-order valence-corrected chi connectivity index (χ2v) is 7.13. The third-order valence-corrected chi connectivity index (χ3v) is 5.24. The van der Waals surface area contributed by atoms with E-state index in [4.69, 9.17) is 9.47 Å². The zero-order valence-corrected chi connectivity index (χ0v) is 16.0. The Kier molecular flexibility index (Phi) is 5.66. The summed E-state index contributed by atoms with van der Waals surface area (Å²) in [4.78, 5) is 31.1. The van der Waals surface area contributed by atoms with Gasteiger partial charge in [0.15, 0.2) is 5.17 Å². The van der Waals surface area contributed by atoms with E-state index in [0.29, 0.717) is 35.2 Å². The molecule has 138 valence electrons. The van der Waals surface area contributed by atoms with Gasteiger partial charge in [-0.05, 0) is 31.0 Å². The van der Waals surface area contributed by atoms with Crippen molar-refractivity contribution in [2.45, 2.75) is 32.7 Å². The summed E-state index contributed by atoms with van der Waals surface area (Å²) in [5.41, 5.74) is 1.81. The van der Waals surface area contributed by atoms with Crippen LogP contribution in [0.25, 0.3) is 0 Å². The van der Waals surface area contributed by atoms with Crippen LogP contribution in [0.5, 0.6) is 5.75 Å². The van der Waals surface area contributed by atoms with Gasteiger partial charge >= 0.3 is 5.97 Å². The Morgan fingerprint density at radius 3 is 2.73 bits per heavy atom. The number of carbonyl (C=O) groups excluding carboxylic acids is 2. The molecule has 0 aliphatic carbocycles. The van der Waals surface area contributed by atoms with Gasteiger partial charge in [0, 0.05) is 12.2 Å². The number of methoxy groups -OCH3 is 1. The predicted molar refractivity (Wildman–Crippen MR) is 101 cm³/mol. The van der Waals surface area contributed by atoms with Crippen LogP contribution in [0.2, 0.25) is 0 Å². The van der Waals surface area contributed by atoms with Crippen molar-refractivity contribution in [3.8, 4) is 5.75 Å². The van der Waals surface area contributed by atoms with Gasteiger partial charge in [-0.3, -0.25) is 9.69 Å². The molecular weight excluding hydrogens is 352 g/mol. The second-order valence-electron chi connectivity index (χ2n) is 6.07. The van der Waals surface area contributed by atoms with E-state index in [2.05, 4.69) is 4.99 Å². The van der Waals surface area contributed by atoms with Crippen molar-refractivity contribution in [2.24, 2.45) is 4.99 Å². The highest BCUT2D eigenvalue weighted by atomic mass is 32.2. The number of esters is 1. The Balaban J connectivity index is 2.03. The normalized spacial score (nSPS) is 19.8. The summed E-state index contributed by atoms with van der Waals surface area (Å²) in [7, 11) is 1.34. The molecule has 2 aliphatic heterocycles. The minimum absolute atomic E-state index is 0.0345. The molecule has 0 spiro atoms. The quantitative estimate of drug-likeness (QED) is 0.740. The molecule has 0 aromatic heterocycles. The van der Waals surface area contributed by atoms with E-state index in [1.807, 2.05) is 31.2 Å². The molecule has 26 heavy (non-hydrogen) atoms. The first-order chi connectivity index (χ1) is 12.6. The van der Waals surface area contributed by atoms with E-state index < -0.39 is 12.0 Å². The van der Waals surface area contributed by atoms with Gasteiger partial charge in [-0.25, -0.2) is 9.79 Å². The standard InChI is InChI=1S/C19H22N2O4S/c1-4-10-25-14-7-5-13(6-8-14)17-16(18(23)24-3)12(2)20-19-21(17)15(22)9-11-26-19/h5-8,17H,4,9-11H2,1-3H3/t17-/m0/s1. The first kappa shape index (κ1) is 18.5. The number of benzene rings is 1. The molecule has 1 saturated heterocycles. The molecule has 7 heteroatoms. The lowest BCUT2D eigenvalue weighted by Gasteiger charge is -2.38. The van der Waals surface area contributed by atoms with E-state index in [1.165, 1.54) is 18.9 Å². The molecular formula is C19H22N2O4S. The van der Waals surface area contributed by atoms with Crippen LogP contribution < -0.4 is 4.74 Å². The molecule has 0 radical (unpaired) electrons. The predicted octanol–water partition coefficient (Wildman–Crippen LogP) is 3.30. The molecule has 1 amide bonds. The molecule has 1 aromatic rings. The lowest BCUT2D eigenvalue weighted by molar-refractivity contribution is -0.137. The summed E-state index contributed by atoms with van der Waals surface area (Å²) < 4.78 is 10.6. The fourth-order valence-electron chi connectivity index (χ4n) is 3.05. The van der Waals surface area contributed by atoms with Crippen LogP contribution in [0, 0.1) is 0 Å². The lowest BCUT2D eigenvalue weighted by atomic mass is 9.94. The molecule has 0 saturated carbocycles. The molecule has 3 rings (SSSR count). The average Bonchev–Trinajstić information content (AvgIpc) is 2.65. The summed E-state index contributed by atoms with van der Waals surface area (Å²) >= 11 is 1.53. The number of carbonyl (C=O) groups is 2. The van der Waals surface area contributed by atoms with Crippen molar-refractivity contribution in [3.05, 3.63) is 41.1 Å². The molecule has 2 heterocycles. The maximum absolute atomic E-state index is 12.6. The zero-order valence-electron chi connectivity index (χ0n) is 15.2. The monoisotopic (exact) mass is 374 g/mol. The minimum Gasteiger partial charge on any atom is -0.494 e. The topological polar surface area (TPSA) is 68.2 Å². The third kappa shape index (κ3) is 3.49. The van der Waals surface area contributed by atoms with E-state index in [-0.39, 0.29) is 5.91 Å². The number of amides is 1. The van der Waals surface area contributed by atoms with Crippen molar-refractivity contribution >= 4 is 28.8 Å². The zero-order chi connectivity index (χ0) is 18.7. The van der Waals surface area contributed by atoms with Gasteiger partial charge in [0.2, 0.25) is 5.91 Å². The van der Waals surface area contributed by atoms with Crippen molar-refractivity contribution in [1.82, 2.24) is 4.90 Å². The van der Waals surface area contributed by atoms with Gasteiger partial charge in [0.05, 0.1) is 31.0 Å². The fourth-order valence-corrected chi connectivity index (χ4v) is 4.06. The van der Waals surface area contributed by atoms with Gasteiger partial charge in [0.1, 0.15) is 5.75 Å². The maximum Gasteiger partial charge on any atom is 0.338 e. The molecule has 1 aromatic carbocycles. The highest BCUT2D eigenvalue weighted by Gasteiger charge is 2.41. The Morgan fingerprint density at radius 2 is 2.08 bits per heavy atom. The number of amidine groups is 1. The van der Waals surface area contributed by atoms with Crippen LogP contribution in [0.1, 0.15) is 38.3 Å². The van der Waals surface area contributed by atoms with Crippen LogP contribution in [0.4, 0.5) is 0 Å². The fraction of sp³-hybridized carbons (Fsp3) is 0.421. The van der Waals surface area contributed by atoms with Crippen LogP contribution in [-0.2, 0) is 14.3 Å². The molecule has 0 bridgehead atoms. The number of hydrogen-bond donors (Lipinski definition) is 0. The summed E-state index contributed by atoms with van der Waals surface area (Å²) in [6, 6.07) is 6.98. The first-order valence-corrected chi connectivity index (χ1v) is 9.60. The van der Waals surface area contributed by atoms with E-state index in [9.17, 15) is 9.59 Å². The van der Waals surface area contributed by atoms with Gasteiger partial charge in [0.25, 0.3) is 0 Å². The largest absolute Gasteiger partial charge is 0.494 e. The number of hydrogen-bond acceptors (Lipinski definition) is 6. The van der Waals surface area contributed by atoms with Gasteiger partial charge in [-0.2, -0.15) is 0 Å². The van der Waals surface area contributed by atoms with Crippen molar-refractivity contribution in [3.63, 3.8) is 0 Å². The van der Waals surface area contributed by atoms with E-state index >= 15 is 0 Å². The van der Waals surface area contributed by atoms with E-state index in [1.54, 1.807) is 11.8 Å². The number of ether oxygens (including phenoxy) is 2. The van der Waals surface area contributed by atoms with Gasteiger partial charge in [-0.15, -0.1) is 0 Å². The summed E-state index contributed by atoms with van der Waals surface area (Å²) in [6.07, 6.45) is 1.35. The Morgan fingerprint density at radius 1 is 1.35 bits per heavy atom. The number of nitrogens with zero attached hydrogens (tertiary/aromatic N) is 2. The van der Waals surface area contributed by atoms with Crippen molar-refractivity contribution in [2.75, 3.05) is 19.5 Å². The molecule has 6 nitrogen and oxygen atoms in total. The second kappa shape index (κ2) is 7.95. The number of allylic oxidation sites excluding steroid dienone is 1. The van der Waals surface area contributed by atoms with Crippen molar-refractivity contribution in [1.29, 1.82) is 0 Å². The summed E-state index contributed by atoms with van der Waals surface area (Å²) in [5.74, 6) is 0.962. The summed E-state index contributed by atoms with van der Waals surface area (Å²) in [6.45, 7) is 4.47. The summed E-state index contributed by atoms with van der Waals surface area (Å²) in [5, 5.41) is 0.641. The Hall–Kier alpha value is -2.28. The van der Waals surface area contributed by atoms with Gasteiger partial charge < -0.3 is 9.47 Å². The number of rotatable bonds is 5. The molecule has 2 aliphatic rings. The molecule has 1 atom stereocenters. The highest BCUT2D eigenvalue weighted by Crippen LogP contribution is 2.40. The number of fused-ring (bicyclic) bond motifs is 1. The van der Waals surface area contributed by atoms with Crippen LogP contribution in [-0.4, -0.2) is 41.4 Å². The first-order valence-electron chi connectivity index (χ1n) is 8.62. The Labute approximate surface area is 157 Å². The number of aliphatic imine (C=N–C) groups is 1. The lowest BCUT2D eigenvalue weighted by Crippen LogP contribution is -2.45. The van der Waals surface area contributed by atoms with Crippen LogP contribution >= 0.6 is 11.8 Å². The van der Waals surface area contributed by atoms with E-state index in [0.717, 1.165) is 17.7 Å². The molecule has 0 N–H and O–H groups in total. The van der Waals surface area contributed by atoms with Crippen LogP contribution in [0.3, 0.4) is 0 Å². The minimum atomic E-state index is -0.532. The smallest absolute Gasteiger partial charge is 0.338 e. The average molecular weight is 374 g/mol. The van der Waals surface area contributed by atoms with Crippen LogP contribution in [0.15, 0.2) is 40.5 Å². The maximum atomic E-state index is 12.6. The highest BCUT2D eigenvalue weighted by molar-refractivity contribution is 8.14.